The van der Waals surface area contributed by atoms with Crippen molar-refractivity contribution in [3.05, 3.63) is 130 Å². The van der Waals surface area contributed by atoms with E-state index in [1.165, 1.54) is 30.5 Å². The maximum Gasteiger partial charge on any atom is 0.287 e. The van der Waals surface area contributed by atoms with Gasteiger partial charge in [-0.2, -0.15) is 5.10 Å². The molecule has 1 aromatic heterocycles. The van der Waals surface area contributed by atoms with Gasteiger partial charge in [-0.15, -0.1) is 0 Å². The van der Waals surface area contributed by atoms with Crippen LogP contribution in [0.2, 0.25) is 0 Å². The maximum absolute atomic E-state index is 13.0. The highest BCUT2D eigenvalue weighted by molar-refractivity contribution is 6.05. The molecule has 0 bridgehead atoms. The van der Waals surface area contributed by atoms with Crippen molar-refractivity contribution >= 4 is 29.8 Å². The minimum absolute atomic E-state index is 0.0281. The third-order valence-electron chi connectivity index (χ3n) is 5.25. The average Bonchev–Trinajstić information content (AvgIpc) is 3.38. The van der Waals surface area contributed by atoms with Crippen LogP contribution in [0.1, 0.15) is 21.6 Å². The summed E-state index contributed by atoms with van der Waals surface area (Å²) >= 11 is 0. The van der Waals surface area contributed by atoms with E-state index in [2.05, 4.69) is 15.8 Å². The van der Waals surface area contributed by atoms with Crippen molar-refractivity contribution in [1.29, 1.82) is 0 Å². The normalized spacial score (nSPS) is 11.3. The summed E-state index contributed by atoms with van der Waals surface area (Å²) in [6, 6.07) is 24.2. The highest BCUT2D eigenvalue weighted by Crippen LogP contribution is 2.19. The summed E-state index contributed by atoms with van der Waals surface area (Å²) in [7, 11) is 0. The molecule has 10 nitrogen and oxygen atoms in total. The quantitative estimate of drug-likeness (QED) is 0.147. The largest absolute Gasteiger partial charge is 0.507 e. The third-order valence-corrected chi connectivity index (χ3v) is 5.25. The Morgan fingerprint density at radius 3 is 2.32 bits per heavy atom. The molecule has 184 valence electrons. The van der Waals surface area contributed by atoms with E-state index in [0.29, 0.717) is 22.5 Å². The molecule has 0 spiro atoms. The van der Waals surface area contributed by atoms with Gasteiger partial charge in [0.05, 0.1) is 16.8 Å². The molecular formula is C27H21N5O5. The molecule has 0 atom stereocenters. The number of hydrazone groups is 1. The molecule has 2 amide bonds. The van der Waals surface area contributed by atoms with Crippen LogP contribution in [0.4, 0.5) is 5.69 Å². The van der Waals surface area contributed by atoms with Crippen molar-refractivity contribution in [2.24, 2.45) is 5.10 Å². The Hall–Kier alpha value is -5.51. The van der Waals surface area contributed by atoms with Gasteiger partial charge in [0, 0.05) is 35.1 Å². The fourth-order valence-electron chi connectivity index (χ4n) is 3.39. The number of rotatable bonds is 8. The van der Waals surface area contributed by atoms with Crippen LogP contribution in [0.25, 0.3) is 11.8 Å². The van der Waals surface area contributed by atoms with Gasteiger partial charge in [-0.3, -0.25) is 19.7 Å². The van der Waals surface area contributed by atoms with Gasteiger partial charge in [0.1, 0.15) is 11.4 Å². The van der Waals surface area contributed by atoms with Crippen LogP contribution in [0.5, 0.6) is 5.75 Å². The van der Waals surface area contributed by atoms with Crippen LogP contribution in [-0.4, -0.2) is 32.6 Å². The molecule has 0 saturated heterocycles. The minimum Gasteiger partial charge on any atom is -0.507 e. The molecule has 0 saturated carbocycles. The van der Waals surface area contributed by atoms with Crippen molar-refractivity contribution < 1.29 is 19.6 Å². The first kappa shape index (κ1) is 24.6. The Kier molecular flexibility index (Phi) is 7.50. The van der Waals surface area contributed by atoms with Gasteiger partial charge in [-0.05, 0) is 48.5 Å². The molecule has 0 aliphatic carbocycles. The Morgan fingerprint density at radius 2 is 1.62 bits per heavy atom. The summed E-state index contributed by atoms with van der Waals surface area (Å²) in [5.41, 5.74) is 4.17. The van der Waals surface area contributed by atoms with Crippen molar-refractivity contribution in [2.75, 3.05) is 0 Å². The van der Waals surface area contributed by atoms with Crippen LogP contribution in [0, 0.1) is 10.1 Å². The van der Waals surface area contributed by atoms with Gasteiger partial charge in [0.2, 0.25) is 0 Å². The number of phenols is 1. The molecule has 1 heterocycles. The average molecular weight is 495 g/mol. The predicted molar refractivity (Wildman–Crippen MR) is 138 cm³/mol. The van der Waals surface area contributed by atoms with E-state index in [4.69, 9.17) is 0 Å². The van der Waals surface area contributed by atoms with E-state index >= 15 is 0 Å². The number of benzene rings is 3. The van der Waals surface area contributed by atoms with Crippen LogP contribution in [-0.2, 0) is 4.79 Å². The van der Waals surface area contributed by atoms with E-state index in [-0.39, 0.29) is 17.1 Å². The monoisotopic (exact) mass is 495 g/mol. The zero-order valence-corrected chi connectivity index (χ0v) is 19.3. The molecule has 3 N–H and O–H groups in total. The van der Waals surface area contributed by atoms with Crippen molar-refractivity contribution in [3.63, 3.8) is 0 Å². The summed E-state index contributed by atoms with van der Waals surface area (Å²) in [5, 5.41) is 27.6. The number of hydrogen-bond donors (Lipinski definition) is 3. The molecule has 4 rings (SSSR count). The molecule has 0 fully saturated rings. The first-order valence-electron chi connectivity index (χ1n) is 11.0. The van der Waals surface area contributed by atoms with Crippen LogP contribution in [0.3, 0.4) is 0 Å². The van der Waals surface area contributed by atoms with Gasteiger partial charge in [0.25, 0.3) is 17.5 Å². The maximum atomic E-state index is 13.0. The van der Waals surface area contributed by atoms with Crippen molar-refractivity contribution in [3.8, 4) is 11.4 Å². The van der Waals surface area contributed by atoms with Crippen molar-refractivity contribution in [1.82, 2.24) is 15.3 Å². The molecule has 4 aromatic rings. The second-order valence-electron chi connectivity index (χ2n) is 7.71. The number of nitrogens with one attached hydrogen (secondary N) is 2. The number of nitro benzene ring substituents is 1. The van der Waals surface area contributed by atoms with E-state index in [0.717, 1.165) is 0 Å². The number of phenolic OH excluding ortho intramolecular Hbond substituents is 1. The minimum atomic E-state index is -0.711. The number of para-hydroxylation sites is 1. The fraction of sp³-hybridized carbons (Fsp3) is 0. The molecule has 10 heteroatoms. The number of carbonyl (C=O) groups excluding carboxylic acids is 2. The molecule has 3 aromatic carbocycles. The lowest BCUT2D eigenvalue weighted by Crippen LogP contribution is -2.32. The first-order chi connectivity index (χ1) is 17.9. The lowest BCUT2D eigenvalue weighted by atomic mass is 10.1. The summed E-state index contributed by atoms with van der Waals surface area (Å²) < 4.78 is 1.73. The van der Waals surface area contributed by atoms with E-state index in [1.807, 2.05) is 0 Å². The van der Waals surface area contributed by atoms with E-state index < -0.39 is 16.7 Å². The number of amides is 2. The predicted octanol–water partition coefficient (Wildman–Crippen LogP) is 4.01. The molecule has 0 unspecified atom stereocenters. The molecule has 37 heavy (non-hydrogen) atoms. The molecule has 0 aliphatic heterocycles. The number of non-ortho nitro benzene ring substituents is 1. The van der Waals surface area contributed by atoms with Gasteiger partial charge in [-0.1, -0.05) is 36.4 Å². The fourth-order valence-corrected chi connectivity index (χ4v) is 3.39. The highest BCUT2D eigenvalue weighted by atomic mass is 16.6. The highest BCUT2D eigenvalue weighted by Gasteiger charge is 2.15. The Balaban J connectivity index is 1.54. The molecule has 0 aliphatic rings. The number of carbonyl (C=O) groups is 2. The van der Waals surface area contributed by atoms with Crippen LogP contribution < -0.4 is 10.7 Å². The Labute approximate surface area is 211 Å². The summed E-state index contributed by atoms with van der Waals surface area (Å²) in [6.45, 7) is 0. The summed E-state index contributed by atoms with van der Waals surface area (Å²) in [5.74, 6) is -1.28. The number of nitrogens with zero attached hydrogens (tertiary/aromatic N) is 3. The lowest BCUT2D eigenvalue weighted by molar-refractivity contribution is -0.384. The van der Waals surface area contributed by atoms with E-state index in [9.17, 15) is 24.8 Å². The SMILES string of the molecule is O=C(NN=Cc1cccn1-c1ccc([N+](=O)[O-])cc1)C(=Cc1ccccc1O)NC(=O)c1ccccc1. The topological polar surface area (TPSA) is 139 Å². The van der Waals surface area contributed by atoms with Gasteiger partial charge < -0.3 is 15.0 Å². The zero-order valence-electron chi connectivity index (χ0n) is 19.3. The first-order valence-corrected chi connectivity index (χ1v) is 11.0. The Bertz CT molecular complexity index is 1490. The number of aromatic nitrogens is 1. The smallest absolute Gasteiger partial charge is 0.287 e. The number of hydrogen-bond acceptors (Lipinski definition) is 6. The number of aromatic hydroxyl groups is 1. The van der Waals surface area contributed by atoms with Crippen molar-refractivity contribution in [2.45, 2.75) is 0 Å². The van der Waals surface area contributed by atoms with Crippen LogP contribution >= 0.6 is 0 Å². The van der Waals surface area contributed by atoms with Gasteiger partial charge in [0.15, 0.2) is 0 Å². The second-order valence-corrected chi connectivity index (χ2v) is 7.71. The number of nitro groups is 1. The summed E-state index contributed by atoms with van der Waals surface area (Å²) in [4.78, 5) is 36.1. The standard InChI is InChI=1S/C27H21N5O5/c33-25-11-5-4-9-20(25)17-24(29-26(34)19-7-2-1-3-8-19)27(35)30-28-18-23-10-6-16-31(23)21-12-14-22(15-13-21)32(36)37/h1-18,33H,(H,29,34)(H,30,35). The summed E-state index contributed by atoms with van der Waals surface area (Å²) in [6.07, 6.45) is 4.49. The van der Waals surface area contributed by atoms with E-state index in [1.54, 1.807) is 83.6 Å². The van der Waals surface area contributed by atoms with Gasteiger partial charge >= 0.3 is 0 Å². The zero-order chi connectivity index (χ0) is 26.2. The van der Waals surface area contributed by atoms with Crippen LogP contribution in [0.15, 0.2) is 108 Å². The second kappa shape index (κ2) is 11.3. The Morgan fingerprint density at radius 1 is 0.919 bits per heavy atom. The third kappa shape index (κ3) is 6.14. The molecular weight excluding hydrogens is 474 g/mol. The lowest BCUT2D eigenvalue weighted by Gasteiger charge is -2.10. The molecule has 0 radical (unpaired) electrons. The van der Waals surface area contributed by atoms with Gasteiger partial charge in [-0.25, -0.2) is 5.43 Å².